The molecule has 46 heavy (non-hydrogen) atoms. The second-order valence-corrected chi connectivity index (χ2v) is 12.4. The first kappa shape index (κ1) is 26.5. The van der Waals surface area contributed by atoms with Crippen LogP contribution in [0, 0.1) is 0 Å². The minimum absolute atomic E-state index is 0.185. The molecule has 0 aliphatic heterocycles. The van der Waals surface area contributed by atoms with Crippen LogP contribution in [0.3, 0.4) is 0 Å². The Morgan fingerprint density at radius 2 is 1.00 bits per heavy atom. The number of hydrogen-bond donors (Lipinski definition) is 0. The van der Waals surface area contributed by atoms with E-state index in [0.717, 1.165) is 38.8 Å². The molecule has 0 N–H and O–H groups in total. The fourth-order valence-corrected chi connectivity index (χ4v) is 7.16. The number of nitrogens with zero attached hydrogens (tertiary/aromatic N) is 3. The standard InChI is InChI=1S/C42H29N3O/c1-42(2)33-24-25-35-37(31-16-9-10-19-34(31)46-35)36(33)32-18-11-17-30(38(32)42)26-20-22-29(23-21-26)41-44-39(27-12-5-3-6-13-27)43-40(45-41)28-14-7-4-8-15-28/h3-25H,1-2H3. The number of hydrogen-bond acceptors (Lipinski definition) is 4. The van der Waals surface area contributed by atoms with Crippen LogP contribution in [0.1, 0.15) is 25.0 Å². The Hall–Kier alpha value is -5.87. The smallest absolute Gasteiger partial charge is 0.164 e. The Kier molecular flexibility index (Phi) is 5.81. The molecular formula is C42H29N3O. The molecule has 218 valence electrons. The molecule has 0 fully saturated rings. The minimum atomic E-state index is -0.185. The Morgan fingerprint density at radius 3 is 1.65 bits per heavy atom. The second-order valence-electron chi connectivity index (χ2n) is 12.4. The van der Waals surface area contributed by atoms with Crippen molar-refractivity contribution in [1.82, 2.24) is 15.0 Å². The van der Waals surface area contributed by atoms with E-state index < -0.39 is 0 Å². The van der Waals surface area contributed by atoms with Crippen LogP contribution in [0.15, 0.2) is 144 Å². The van der Waals surface area contributed by atoms with Crippen LogP contribution in [0.5, 0.6) is 0 Å². The number of furan rings is 1. The summed E-state index contributed by atoms with van der Waals surface area (Å²) in [5.74, 6) is 1.97. The molecule has 0 radical (unpaired) electrons. The lowest BCUT2D eigenvalue weighted by Crippen LogP contribution is -2.16. The summed E-state index contributed by atoms with van der Waals surface area (Å²) < 4.78 is 6.29. The quantitative estimate of drug-likeness (QED) is 0.204. The van der Waals surface area contributed by atoms with Gasteiger partial charge in [-0.3, -0.25) is 0 Å². The fourth-order valence-electron chi connectivity index (χ4n) is 7.16. The topological polar surface area (TPSA) is 51.8 Å². The van der Waals surface area contributed by atoms with Gasteiger partial charge in [0, 0.05) is 32.9 Å². The van der Waals surface area contributed by atoms with Gasteiger partial charge in [0.2, 0.25) is 0 Å². The van der Waals surface area contributed by atoms with E-state index in [1.165, 1.54) is 33.2 Å². The van der Waals surface area contributed by atoms with Gasteiger partial charge in [-0.2, -0.15) is 0 Å². The first-order valence-electron chi connectivity index (χ1n) is 15.6. The highest BCUT2D eigenvalue weighted by Crippen LogP contribution is 2.55. The van der Waals surface area contributed by atoms with Crippen molar-refractivity contribution >= 4 is 21.9 Å². The van der Waals surface area contributed by atoms with Gasteiger partial charge in [-0.1, -0.05) is 141 Å². The van der Waals surface area contributed by atoms with Crippen LogP contribution in [0.2, 0.25) is 0 Å². The molecule has 1 aliphatic rings. The SMILES string of the molecule is CC1(C)c2ccc3oc4ccccc4c3c2-c2cccc(-c3ccc(-c4nc(-c5ccccc5)nc(-c5ccccc5)n4)cc3)c21. The molecule has 6 aromatic carbocycles. The molecule has 2 heterocycles. The van der Waals surface area contributed by atoms with Gasteiger partial charge in [-0.25, -0.2) is 15.0 Å². The molecule has 0 spiro atoms. The second kappa shape index (κ2) is 10.1. The van der Waals surface area contributed by atoms with Crippen molar-refractivity contribution < 1.29 is 4.42 Å². The number of para-hydroxylation sites is 1. The summed E-state index contributed by atoms with van der Waals surface area (Å²) in [6.07, 6.45) is 0. The summed E-state index contributed by atoms with van der Waals surface area (Å²) >= 11 is 0. The van der Waals surface area contributed by atoms with E-state index in [2.05, 4.69) is 86.6 Å². The predicted octanol–water partition coefficient (Wildman–Crippen LogP) is 10.7. The zero-order valence-corrected chi connectivity index (χ0v) is 25.5. The third-order valence-electron chi connectivity index (χ3n) is 9.33. The van der Waals surface area contributed by atoms with E-state index in [1.54, 1.807) is 0 Å². The highest BCUT2D eigenvalue weighted by molar-refractivity contribution is 6.15. The molecule has 8 aromatic rings. The highest BCUT2D eigenvalue weighted by atomic mass is 16.3. The first-order chi connectivity index (χ1) is 22.6. The molecular weight excluding hydrogens is 562 g/mol. The minimum Gasteiger partial charge on any atom is -0.456 e. The van der Waals surface area contributed by atoms with Gasteiger partial charge in [0.25, 0.3) is 0 Å². The summed E-state index contributed by atoms with van der Waals surface area (Å²) in [5.41, 5.74) is 12.2. The molecule has 4 nitrogen and oxygen atoms in total. The summed E-state index contributed by atoms with van der Waals surface area (Å²) in [6.45, 7) is 4.68. The average Bonchev–Trinajstić information content (AvgIpc) is 3.61. The van der Waals surface area contributed by atoms with Crippen molar-refractivity contribution in [2.75, 3.05) is 0 Å². The van der Waals surface area contributed by atoms with Crippen molar-refractivity contribution in [2.45, 2.75) is 19.3 Å². The van der Waals surface area contributed by atoms with Gasteiger partial charge in [-0.15, -0.1) is 0 Å². The molecule has 9 rings (SSSR count). The molecule has 1 aliphatic carbocycles. The van der Waals surface area contributed by atoms with Crippen LogP contribution in [0.4, 0.5) is 0 Å². The van der Waals surface area contributed by atoms with Crippen molar-refractivity contribution in [3.8, 4) is 56.4 Å². The lowest BCUT2D eigenvalue weighted by Gasteiger charge is -2.24. The van der Waals surface area contributed by atoms with E-state index in [-0.39, 0.29) is 5.41 Å². The lowest BCUT2D eigenvalue weighted by atomic mass is 9.78. The Balaban J connectivity index is 1.17. The third-order valence-corrected chi connectivity index (χ3v) is 9.33. The van der Waals surface area contributed by atoms with Gasteiger partial charge >= 0.3 is 0 Å². The predicted molar refractivity (Wildman–Crippen MR) is 186 cm³/mol. The van der Waals surface area contributed by atoms with Crippen LogP contribution < -0.4 is 0 Å². The third kappa shape index (κ3) is 4.04. The van der Waals surface area contributed by atoms with Gasteiger partial charge in [0.05, 0.1) is 0 Å². The molecule has 0 amide bonds. The number of aromatic nitrogens is 3. The van der Waals surface area contributed by atoms with Gasteiger partial charge in [0.15, 0.2) is 17.5 Å². The van der Waals surface area contributed by atoms with E-state index in [9.17, 15) is 0 Å². The first-order valence-corrected chi connectivity index (χ1v) is 15.6. The molecule has 4 heteroatoms. The molecule has 0 saturated heterocycles. The summed E-state index contributed by atoms with van der Waals surface area (Å²) in [5, 5.41) is 2.36. The monoisotopic (exact) mass is 591 g/mol. The molecule has 0 bridgehead atoms. The van der Waals surface area contributed by atoms with Crippen LogP contribution in [-0.2, 0) is 5.41 Å². The van der Waals surface area contributed by atoms with Crippen molar-refractivity contribution in [3.63, 3.8) is 0 Å². The Bertz CT molecular complexity index is 2370. The van der Waals surface area contributed by atoms with Crippen LogP contribution in [0.25, 0.3) is 78.4 Å². The summed E-state index contributed by atoms with van der Waals surface area (Å²) in [4.78, 5) is 14.7. The average molecular weight is 592 g/mol. The van der Waals surface area contributed by atoms with Crippen molar-refractivity contribution in [1.29, 1.82) is 0 Å². The molecule has 2 aromatic heterocycles. The normalized spacial score (nSPS) is 13.2. The fraction of sp³-hybridized carbons (Fsp3) is 0.0714. The largest absolute Gasteiger partial charge is 0.456 e. The van der Waals surface area contributed by atoms with Crippen molar-refractivity contribution in [2.24, 2.45) is 0 Å². The van der Waals surface area contributed by atoms with Gasteiger partial charge < -0.3 is 4.42 Å². The van der Waals surface area contributed by atoms with E-state index in [4.69, 9.17) is 19.4 Å². The zero-order valence-electron chi connectivity index (χ0n) is 25.5. The molecule has 0 unspecified atom stereocenters. The van der Waals surface area contributed by atoms with Crippen molar-refractivity contribution in [3.05, 3.63) is 151 Å². The lowest BCUT2D eigenvalue weighted by molar-refractivity contribution is 0.658. The number of benzene rings is 6. The Morgan fingerprint density at radius 1 is 0.457 bits per heavy atom. The number of fused-ring (bicyclic) bond motifs is 7. The maximum absolute atomic E-state index is 6.29. The van der Waals surface area contributed by atoms with E-state index >= 15 is 0 Å². The summed E-state index contributed by atoms with van der Waals surface area (Å²) in [6, 6.07) is 48.3. The zero-order chi connectivity index (χ0) is 30.8. The van der Waals surface area contributed by atoms with E-state index in [1.807, 2.05) is 66.7 Å². The number of rotatable bonds is 4. The molecule has 0 atom stereocenters. The van der Waals surface area contributed by atoms with E-state index in [0.29, 0.717) is 17.5 Å². The maximum Gasteiger partial charge on any atom is 0.164 e. The van der Waals surface area contributed by atoms with Gasteiger partial charge in [-0.05, 0) is 45.5 Å². The maximum atomic E-state index is 6.29. The van der Waals surface area contributed by atoms with Crippen LogP contribution >= 0.6 is 0 Å². The Labute approximate surface area is 267 Å². The summed E-state index contributed by atoms with van der Waals surface area (Å²) in [7, 11) is 0. The highest BCUT2D eigenvalue weighted by Gasteiger charge is 2.39. The molecule has 0 saturated carbocycles. The van der Waals surface area contributed by atoms with Gasteiger partial charge in [0.1, 0.15) is 11.2 Å². The van der Waals surface area contributed by atoms with Crippen LogP contribution in [-0.4, -0.2) is 15.0 Å².